The van der Waals surface area contributed by atoms with Crippen LogP contribution in [0.3, 0.4) is 0 Å². The molecule has 1 aliphatic rings. The lowest BCUT2D eigenvalue weighted by Crippen LogP contribution is -2.01. The number of rotatable bonds is 4. The number of allylic oxidation sites excluding steroid dienone is 1. The van der Waals surface area contributed by atoms with E-state index in [1.165, 1.54) is 36.8 Å². The number of ether oxygens (including phenoxy) is 1. The molecule has 0 aliphatic heterocycles. The summed E-state index contributed by atoms with van der Waals surface area (Å²) in [6, 6.07) is 8.72. The van der Waals surface area contributed by atoms with Gasteiger partial charge in [-0.2, -0.15) is 0 Å². The predicted molar refractivity (Wildman–Crippen MR) is 77.1 cm³/mol. The quantitative estimate of drug-likeness (QED) is 0.463. The third kappa shape index (κ3) is 3.95. The second-order valence-corrected chi connectivity index (χ2v) is 5.03. The number of aryl methyl sites for hydroxylation is 1. The van der Waals surface area contributed by atoms with Crippen LogP contribution in [-0.2, 0) is 16.0 Å². The van der Waals surface area contributed by atoms with Gasteiger partial charge < -0.3 is 4.74 Å². The molecule has 0 saturated carbocycles. The van der Waals surface area contributed by atoms with Crippen molar-refractivity contribution in [2.45, 2.75) is 44.9 Å². The summed E-state index contributed by atoms with van der Waals surface area (Å²) in [6.07, 6.45) is 9.40. The van der Waals surface area contributed by atoms with Crippen LogP contribution in [0.1, 0.15) is 49.7 Å². The summed E-state index contributed by atoms with van der Waals surface area (Å²) in [5.74, 6) is 0.314. The number of hydrogen-bond acceptors (Lipinski definition) is 2. The number of fused-ring (bicyclic) bond motifs is 1. The van der Waals surface area contributed by atoms with Gasteiger partial charge in [-0.1, -0.05) is 36.8 Å². The fraction of sp³-hybridized carbons (Fsp3) is 0.471. The molecule has 0 spiro atoms. The van der Waals surface area contributed by atoms with Gasteiger partial charge in [-0.3, -0.25) is 0 Å². The lowest BCUT2D eigenvalue weighted by molar-refractivity contribution is -0.137. The first-order chi connectivity index (χ1) is 9.31. The van der Waals surface area contributed by atoms with E-state index in [4.69, 9.17) is 4.74 Å². The van der Waals surface area contributed by atoms with Crippen LogP contribution in [0.5, 0.6) is 0 Å². The van der Waals surface area contributed by atoms with Crippen molar-refractivity contribution >= 4 is 5.97 Å². The van der Waals surface area contributed by atoms with Crippen LogP contribution in [0.2, 0.25) is 0 Å². The van der Waals surface area contributed by atoms with Crippen LogP contribution >= 0.6 is 0 Å². The first-order valence-electron chi connectivity index (χ1n) is 7.22. The molecule has 2 nitrogen and oxygen atoms in total. The maximum atomic E-state index is 11.3. The van der Waals surface area contributed by atoms with Crippen LogP contribution in [0.25, 0.3) is 0 Å². The molecule has 0 aromatic heterocycles. The normalized spacial score (nSPS) is 18.9. The average molecular weight is 258 g/mol. The summed E-state index contributed by atoms with van der Waals surface area (Å²) in [4.78, 5) is 11.3. The molecule has 0 N–H and O–H groups in total. The van der Waals surface area contributed by atoms with Crippen LogP contribution in [-0.4, -0.2) is 12.6 Å². The van der Waals surface area contributed by atoms with Crippen molar-refractivity contribution in [3.63, 3.8) is 0 Å². The maximum Gasteiger partial charge on any atom is 0.330 e. The summed E-state index contributed by atoms with van der Waals surface area (Å²) >= 11 is 0. The molecular weight excluding hydrogens is 236 g/mol. The van der Waals surface area contributed by atoms with Gasteiger partial charge in [0.15, 0.2) is 0 Å². The summed E-state index contributed by atoms with van der Waals surface area (Å²) in [5.41, 5.74) is 2.95. The predicted octanol–water partition coefficient (Wildman–Crippen LogP) is 4.01. The van der Waals surface area contributed by atoms with Crippen molar-refractivity contribution in [2.24, 2.45) is 0 Å². The third-order valence-corrected chi connectivity index (χ3v) is 3.70. The van der Waals surface area contributed by atoms with E-state index >= 15 is 0 Å². The van der Waals surface area contributed by atoms with Crippen LogP contribution < -0.4 is 0 Å². The minimum absolute atomic E-state index is 0.232. The minimum atomic E-state index is -0.232. The Labute approximate surface area is 115 Å². The van der Waals surface area contributed by atoms with E-state index in [0.29, 0.717) is 12.5 Å². The summed E-state index contributed by atoms with van der Waals surface area (Å²) in [7, 11) is 0. The van der Waals surface area contributed by atoms with E-state index in [2.05, 4.69) is 24.3 Å². The smallest absolute Gasteiger partial charge is 0.330 e. The van der Waals surface area contributed by atoms with Crippen molar-refractivity contribution in [2.75, 3.05) is 6.61 Å². The monoisotopic (exact) mass is 258 g/mol. The molecule has 0 heterocycles. The number of hydrogen-bond donors (Lipinski definition) is 0. The fourth-order valence-corrected chi connectivity index (χ4v) is 2.79. The van der Waals surface area contributed by atoms with E-state index in [0.717, 1.165) is 6.42 Å². The molecule has 19 heavy (non-hydrogen) atoms. The second kappa shape index (κ2) is 7.13. The Morgan fingerprint density at radius 3 is 3.05 bits per heavy atom. The van der Waals surface area contributed by atoms with Gasteiger partial charge in [-0.15, -0.1) is 0 Å². The lowest BCUT2D eigenvalue weighted by Gasteiger charge is -2.15. The van der Waals surface area contributed by atoms with Gasteiger partial charge in [-0.05, 0) is 49.7 Å². The molecular formula is C17H22O2. The highest BCUT2D eigenvalue weighted by atomic mass is 16.5. The number of carbonyl (C=O) groups excluding carboxylic acids is 1. The molecule has 1 aromatic rings. The Balaban J connectivity index is 2.02. The van der Waals surface area contributed by atoms with Gasteiger partial charge in [-0.25, -0.2) is 4.79 Å². The molecule has 1 aliphatic carbocycles. The molecule has 0 fully saturated rings. The first-order valence-corrected chi connectivity index (χ1v) is 7.22. The Morgan fingerprint density at radius 2 is 2.21 bits per heavy atom. The van der Waals surface area contributed by atoms with Gasteiger partial charge in [0, 0.05) is 6.08 Å². The highest BCUT2D eigenvalue weighted by Gasteiger charge is 2.16. The van der Waals surface area contributed by atoms with E-state index in [1.807, 2.05) is 13.0 Å². The number of carbonyl (C=O) groups is 1. The zero-order chi connectivity index (χ0) is 13.5. The average Bonchev–Trinajstić information content (AvgIpc) is 2.62. The van der Waals surface area contributed by atoms with E-state index in [-0.39, 0.29) is 5.97 Å². The minimum Gasteiger partial charge on any atom is -0.463 e. The fourth-order valence-electron chi connectivity index (χ4n) is 2.79. The second-order valence-electron chi connectivity index (χ2n) is 5.03. The molecule has 1 unspecified atom stereocenters. The lowest BCUT2D eigenvalue weighted by atomic mass is 9.90. The first kappa shape index (κ1) is 13.9. The van der Waals surface area contributed by atoms with E-state index in [1.54, 1.807) is 6.08 Å². The van der Waals surface area contributed by atoms with E-state index in [9.17, 15) is 4.79 Å². The topological polar surface area (TPSA) is 26.3 Å². The number of esters is 1. The van der Waals surface area contributed by atoms with Crippen molar-refractivity contribution in [3.05, 3.63) is 47.5 Å². The molecule has 2 rings (SSSR count). The van der Waals surface area contributed by atoms with Crippen molar-refractivity contribution in [1.82, 2.24) is 0 Å². The van der Waals surface area contributed by atoms with Gasteiger partial charge in [0.05, 0.1) is 6.61 Å². The SMILES string of the molecule is CCOC(=O)C=CCC1CCCCc2ccccc21. The largest absolute Gasteiger partial charge is 0.463 e. The Kier molecular flexibility index (Phi) is 5.20. The van der Waals surface area contributed by atoms with Gasteiger partial charge in [0.1, 0.15) is 0 Å². The standard InChI is InChI=1S/C17H22O2/c1-2-19-17(18)13-7-11-15-9-4-3-8-14-10-5-6-12-16(14)15/h5-7,10,12-13,15H,2-4,8-9,11H2,1H3. The molecule has 0 saturated heterocycles. The zero-order valence-corrected chi connectivity index (χ0v) is 11.6. The third-order valence-electron chi connectivity index (χ3n) is 3.70. The van der Waals surface area contributed by atoms with Crippen molar-refractivity contribution in [1.29, 1.82) is 0 Å². The van der Waals surface area contributed by atoms with Gasteiger partial charge in [0.25, 0.3) is 0 Å². The highest BCUT2D eigenvalue weighted by Crippen LogP contribution is 2.32. The Morgan fingerprint density at radius 1 is 1.37 bits per heavy atom. The number of benzene rings is 1. The van der Waals surface area contributed by atoms with Crippen molar-refractivity contribution < 1.29 is 9.53 Å². The van der Waals surface area contributed by atoms with E-state index < -0.39 is 0 Å². The molecule has 1 atom stereocenters. The summed E-state index contributed by atoms with van der Waals surface area (Å²) in [6.45, 7) is 2.27. The van der Waals surface area contributed by atoms with Crippen LogP contribution in [0, 0.1) is 0 Å². The summed E-state index contributed by atoms with van der Waals surface area (Å²) in [5, 5.41) is 0. The van der Waals surface area contributed by atoms with Crippen molar-refractivity contribution in [3.8, 4) is 0 Å². The van der Waals surface area contributed by atoms with Gasteiger partial charge in [0.2, 0.25) is 0 Å². The van der Waals surface area contributed by atoms with Crippen LogP contribution in [0.4, 0.5) is 0 Å². The zero-order valence-electron chi connectivity index (χ0n) is 11.6. The molecule has 1 aromatic carbocycles. The van der Waals surface area contributed by atoms with Gasteiger partial charge >= 0.3 is 5.97 Å². The Bertz CT molecular complexity index is 448. The van der Waals surface area contributed by atoms with Crippen LogP contribution in [0.15, 0.2) is 36.4 Å². The molecule has 2 heteroatoms. The molecule has 0 bridgehead atoms. The molecule has 0 amide bonds. The molecule has 0 radical (unpaired) electrons. The highest BCUT2D eigenvalue weighted by molar-refractivity contribution is 5.81. The molecule has 102 valence electrons. The summed E-state index contributed by atoms with van der Waals surface area (Å²) < 4.78 is 4.90. The Hall–Kier alpha value is -1.57. The maximum absolute atomic E-state index is 11.3.